The third kappa shape index (κ3) is 3.48. The number of hydroxylamine groups is 1. The Balaban J connectivity index is 2.42. The van der Waals surface area contributed by atoms with E-state index >= 15 is 0 Å². The second-order valence-corrected chi connectivity index (χ2v) is 7.99. The van der Waals surface area contributed by atoms with Gasteiger partial charge in [-0.3, -0.25) is 9.59 Å². The summed E-state index contributed by atoms with van der Waals surface area (Å²) >= 11 is 0. The van der Waals surface area contributed by atoms with Crippen LogP contribution in [0.5, 0.6) is 0 Å². The Bertz CT molecular complexity index is 904. The van der Waals surface area contributed by atoms with Crippen LogP contribution in [0.2, 0.25) is 0 Å². The van der Waals surface area contributed by atoms with Crippen LogP contribution in [0, 0.1) is 0 Å². The normalized spacial score (nSPS) is 22.8. The van der Waals surface area contributed by atoms with Crippen LogP contribution in [0.25, 0.3) is 0 Å². The largest absolute Gasteiger partial charge is 0.474 e. The predicted molar refractivity (Wildman–Crippen MR) is 84.9 cm³/mol. The number of likely N-dealkylation sites (N-methyl/N-ethyl adjacent to an activating group) is 1. The van der Waals surface area contributed by atoms with E-state index in [9.17, 15) is 32.2 Å². The van der Waals surface area contributed by atoms with Gasteiger partial charge in [0.05, 0.1) is 15.4 Å². The SMILES string of the molecule is CN1N=C(c2ccc(S(C)(=O)=NC(=O)C(F)(F)F)cc2)C(C)(NO)C1=O. The Morgan fingerprint density at radius 3 is 2.35 bits per heavy atom. The Labute approximate surface area is 146 Å². The van der Waals surface area contributed by atoms with Gasteiger partial charge in [-0.1, -0.05) is 12.1 Å². The lowest BCUT2D eigenvalue weighted by atomic mass is 9.91. The summed E-state index contributed by atoms with van der Waals surface area (Å²) < 4.78 is 52.0. The first-order valence-corrected chi connectivity index (χ1v) is 8.97. The average Bonchev–Trinajstić information content (AvgIpc) is 2.78. The molecule has 1 aliphatic heterocycles. The van der Waals surface area contributed by atoms with Gasteiger partial charge in [0.15, 0.2) is 5.54 Å². The Morgan fingerprint density at radius 2 is 1.88 bits per heavy atom. The number of benzene rings is 1. The summed E-state index contributed by atoms with van der Waals surface area (Å²) in [5.74, 6) is -2.96. The monoisotopic (exact) mass is 392 g/mol. The highest BCUT2D eigenvalue weighted by Gasteiger charge is 2.46. The summed E-state index contributed by atoms with van der Waals surface area (Å²) in [6.45, 7) is 1.39. The number of nitrogens with zero attached hydrogens (tertiary/aromatic N) is 3. The third-order valence-electron chi connectivity index (χ3n) is 3.73. The van der Waals surface area contributed by atoms with E-state index in [0.717, 1.165) is 11.3 Å². The van der Waals surface area contributed by atoms with E-state index in [2.05, 4.69) is 9.46 Å². The van der Waals surface area contributed by atoms with Crippen LogP contribution in [-0.4, -0.2) is 57.0 Å². The topological polar surface area (TPSA) is 111 Å². The van der Waals surface area contributed by atoms with Crippen LogP contribution in [0.15, 0.2) is 38.6 Å². The van der Waals surface area contributed by atoms with Gasteiger partial charge in [0, 0.05) is 23.8 Å². The molecule has 1 heterocycles. The highest BCUT2D eigenvalue weighted by atomic mass is 32.2. The molecule has 0 radical (unpaired) electrons. The van der Waals surface area contributed by atoms with Gasteiger partial charge in [0.25, 0.3) is 5.91 Å². The van der Waals surface area contributed by atoms with Crippen molar-refractivity contribution in [3.8, 4) is 0 Å². The van der Waals surface area contributed by atoms with Gasteiger partial charge in [0.1, 0.15) is 0 Å². The zero-order chi connectivity index (χ0) is 19.9. The maximum Gasteiger partial charge on any atom is 0.474 e. The second-order valence-electron chi connectivity index (χ2n) is 5.74. The highest BCUT2D eigenvalue weighted by Crippen LogP contribution is 2.25. The maximum atomic E-state index is 12.3. The molecule has 1 aromatic rings. The Hall–Kier alpha value is -2.31. The first-order valence-electron chi connectivity index (χ1n) is 7.05. The Morgan fingerprint density at radius 1 is 1.35 bits per heavy atom. The third-order valence-corrected chi connectivity index (χ3v) is 5.39. The van der Waals surface area contributed by atoms with E-state index < -0.39 is 33.3 Å². The van der Waals surface area contributed by atoms with Gasteiger partial charge in [0.2, 0.25) is 0 Å². The van der Waals surface area contributed by atoms with E-state index in [1.165, 1.54) is 38.2 Å². The lowest BCUT2D eigenvalue weighted by Crippen LogP contribution is -2.53. The number of halogens is 3. The van der Waals surface area contributed by atoms with Gasteiger partial charge in [-0.2, -0.15) is 23.8 Å². The summed E-state index contributed by atoms with van der Waals surface area (Å²) in [4.78, 5) is 22.9. The molecule has 0 saturated heterocycles. The summed E-state index contributed by atoms with van der Waals surface area (Å²) in [6.07, 6.45) is -4.30. The van der Waals surface area contributed by atoms with Crippen molar-refractivity contribution in [2.45, 2.75) is 23.5 Å². The highest BCUT2D eigenvalue weighted by molar-refractivity contribution is 7.93. The number of alkyl halides is 3. The van der Waals surface area contributed by atoms with Gasteiger partial charge in [-0.25, -0.2) is 9.22 Å². The fourth-order valence-corrected chi connectivity index (χ4v) is 3.46. The summed E-state index contributed by atoms with van der Waals surface area (Å²) in [5.41, 5.74) is 0.888. The molecule has 2 unspecified atom stereocenters. The van der Waals surface area contributed by atoms with Gasteiger partial charge >= 0.3 is 12.1 Å². The molecule has 0 bridgehead atoms. The molecule has 0 fully saturated rings. The molecule has 0 spiro atoms. The van der Waals surface area contributed by atoms with Gasteiger partial charge < -0.3 is 5.21 Å². The number of amides is 2. The van der Waals surface area contributed by atoms with Crippen LogP contribution in [0.1, 0.15) is 12.5 Å². The van der Waals surface area contributed by atoms with Crippen molar-refractivity contribution in [3.05, 3.63) is 29.8 Å². The summed E-state index contributed by atoms with van der Waals surface area (Å²) in [5, 5.41) is 14.4. The number of carbonyl (C=O) groups excluding carboxylic acids is 2. The lowest BCUT2D eigenvalue weighted by Gasteiger charge is -2.21. The van der Waals surface area contributed by atoms with Crippen molar-refractivity contribution in [1.29, 1.82) is 0 Å². The van der Waals surface area contributed by atoms with E-state index in [4.69, 9.17) is 0 Å². The van der Waals surface area contributed by atoms with Crippen molar-refractivity contribution in [2.75, 3.05) is 13.3 Å². The van der Waals surface area contributed by atoms with Crippen LogP contribution in [-0.2, 0) is 19.3 Å². The number of carbonyl (C=O) groups is 2. The Kier molecular flexibility index (Phi) is 4.96. The first-order chi connectivity index (χ1) is 11.8. The molecule has 2 rings (SSSR count). The van der Waals surface area contributed by atoms with Crippen molar-refractivity contribution in [2.24, 2.45) is 9.46 Å². The molecule has 2 amide bonds. The van der Waals surface area contributed by atoms with Crippen molar-refractivity contribution >= 4 is 27.3 Å². The lowest BCUT2D eigenvalue weighted by molar-refractivity contribution is -0.169. The van der Waals surface area contributed by atoms with E-state index in [0.29, 0.717) is 5.56 Å². The number of rotatable bonds is 3. The number of nitrogens with one attached hydrogen (secondary N) is 1. The summed E-state index contributed by atoms with van der Waals surface area (Å²) in [6, 6.07) is 5.14. The summed E-state index contributed by atoms with van der Waals surface area (Å²) in [7, 11) is -2.23. The zero-order valence-electron chi connectivity index (χ0n) is 13.9. The molecule has 2 N–H and O–H groups in total. The molecular formula is C14H15F3N4O4S. The van der Waals surface area contributed by atoms with Gasteiger partial charge in [-0.15, -0.1) is 4.36 Å². The minimum Gasteiger partial charge on any atom is -0.315 e. The first kappa shape index (κ1) is 20.0. The molecule has 0 saturated carbocycles. The zero-order valence-corrected chi connectivity index (χ0v) is 14.7. The van der Waals surface area contributed by atoms with E-state index in [1.807, 2.05) is 5.48 Å². The molecule has 0 aromatic heterocycles. The molecule has 12 heteroatoms. The molecule has 0 aliphatic carbocycles. The van der Waals surface area contributed by atoms with Crippen LogP contribution >= 0.6 is 0 Å². The van der Waals surface area contributed by atoms with Crippen molar-refractivity contribution in [3.63, 3.8) is 0 Å². The molecule has 26 heavy (non-hydrogen) atoms. The molecule has 142 valence electrons. The average molecular weight is 392 g/mol. The fraction of sp³-hybridized carbons (Fsp3) is 0.357. The minimum absolute atomic E-state index is 0.101. The van der Waals surface area contributed by atoms with Crippen LogP contribution in [0.4, 0.5) is 13.2 Å². The van der Waals surface area contributed by atoms with Crippen molar-refractivity contribution < 1.29 is 32.2 Å². The maximum absolute atomic E-state index is 12.3. The van der Waals surface area contributed by atoms with E-state index in [1.54, 1.807) is 0 Å². The standard InChI is InChI=1S/C14H15F3N4O4S/c1-13(20-24)10(18-21(2)12(13)23)8-4-6-9(7-5-8)26(3,25)19-11(22)14(15,16)17/h4-7,20,24H,1-3H3. The van der Waals surface area contributed by atoms with Crippen LogP contribution < -0.4 is 5.48 Å². The molecular weight excluding hydrogens is 377 g/mol. The number of hydrazone groups is 1. The number of hydrogen-bond donors (Lipinski definition) is 2. The van der Waals surface area contributed by atoms with Crippen molar-refractivity contribution in [1.82, 2.24) is 10.5 Å². The minimum atomic E-state index is -5.21. The fourth-order valence-electron chi connectivity index (χ4n) is 2.30. The molecule has 8 nitrogen and oxygen atoms in total. The smallest absolute Gasteiger partial charge is 0.315 e. The quantitative estimate of drug-likeness (QED) is 0.750. The number of hydrogen-bond acceptors (Lipinski definition) is 6. The molecule has 1 aliphatic rings. The second kappa shape index (κ2) is 6.45. The molecule has 1 aromatic carbocycles. The van der Waals surface area contributed by atoms with E-state index in [-0.39, 0.29) is 10.6 Å². The van der Waals surface area contributed by atoms with Crippen LogP contribution in [0.3, 0.4) is 0 Å². The predicted octanol–water partition coefficient (Wildman–Crippen LogP) is 1.15. The van der Waals surface area contributed by atoms with Gasteiger partial charge in [-0.05, 0) is 19.1 Å². The molecule has 2 atom stereocenters.